The quantitative estimate of drug-likeness (QED) is 0.346. The number of nitrogens with one attached hydrogen (secondary N) is 1. The summed E-state index contributed by atoms with van der Waals surface area (Å²) in [5.74, 6) is 5.36. The second kappa shape index (κ2) is 10.3. The molecule has 0 fully saturated rings. The summed E-state index contributed by atoms with van der Waals surface area (Å²) in [6.07, 6.45) is 9.66. The molecular formula is C16H26BrFN2. The minimum Gasteiger partial charge on any atom is -0.271 e. The highest BCUT2D eigenvalue weighted by atomic mass is 79.9. The van der Waals surface area contributed by atoms with E-state index in [0.29, 0.717) is 5.56 Å². The van der Waals surface area contributed by atoms with Crippen molar-refractivity contribution in [3.05, 3.63) is 34.1 Å². The van der Waals surface area contributed by atoms with Gasteiger partial charge < -0.3 is 0 Å². The maximum Gasteiger partial charge on any atom is 0.129 e. The number of halogens is 2. The summed E-state index contributed by atoms with van der Waals surface area (Å²) in [6, 6.07) is 5.04. The topological polar surface area (TPSA) is 38.0 Å². The Kier molecular flexibility index (Phi) is 9.07. The highest BCUT2D eigenvalue weighted by Gasteiger charge is 2.14. The summed E-state index contributed by atoms with van der Waals surface area (Å²) in [5, 5.41) is 0. The number of rotatable bonds is 10. The standard InChI is InChI=1S/C16H26BrFN2/c1-2-3-4-5-6-7-8-9-16(20-19)14-11-10-13(17)12-15(14)18/h10-12,16,20H,2-9,19H2,1H3. The molecule has 0 aliphatic rings. The van der Waals surface area contributed by atoms with Gasteiger partial charge in [-0.1, -0.05) is 73.9 Å². The lowest BCUT2D eigenvalue weighted by molar-refractivity contribution is 0.456. The molecular weight excluding hydrogens is 319 g/mol. The highest BCUT2D eigenvalue weighted by molar-refractivity contribution is 9.10. The van der Waals surface area contributed by atoms with Crippen LogP contribution in [-0.4, -0.2) is 0 Å². The van der Waals surface area contributed by atoms with E-state index in [9.17, 15) is 4.39 Å². The van der Waals surface area contributed by atoms with E-state index in [1.165, 1.54) is 44.6 Å². The van der Waals surface area contributed by atoms with E-state index in [-0.39, 0.29) is 11.9 Å². The van der Waals surface area contributed by atoms with E-state index < -0.39 is 0 Å². The first-order valence-corrected chi connectivity index (χ1v) is 8.39. The van der Waals surface area contributed by atoms with Crippen molar-refractivity contribution < 1.29 is 4.39 Å². The van der Waals surface area contributed by atoms with E-state index in [2.05, 4.69) is 28.3 Å². The second-order valence-electron chi connectivity index (χ2n) is 5.30. The number of nitrogens with two attached hydrogens (primary N) is 1. The lowest BCUT2D eigenvalue weighted by atomic mass is 9.99. The number of hydrogen-bond acceptors (Lipinski definition) is 2. The van der Waals surface area contributed by atoms with Crippen LogP contribution in [-0.2, 0) is 0 Å². The maximum absolute atomic E-state index is 13.9. The molecule has 0 heterocycles. The molecule has 114 valence electrons. The summed E-state index contributed by atoms with van der Waals surface area (Å²) in [7, 11) is 0. The van der Waals surface area contributed by atoms with Gasteiger partial charge in [-0.15, -0.1) is 0 Å². The molecule has 1 atom stereocenters. The molecule has 0 aliphatic carbocycles. The summed E-state index contributed by atoms with van der Waals surface area (Å²) in [4.78, 5) is 0. The average molecular weight is 345 g/mol. The van der Waals surface area contributed by atoms with Crippen LogP contribution in [0.15, 0.2) is 22.7 Å². The third-order valence-electron chi connectivity index (χ3n) is 3.64. The van der Waals surface area contributed by atoms with Crippen molar-refractivity contribution in [2.75, 3.05) is 0 Å². The van der Waals surface area contributed by atoms with E-state index in [1.54, 1.807) is 6.07 Å². The number of unbranched alkanes of at least 4 members (excludes halogenated alkanes) is 6. The van der Waals surface area contributed by atoms with E-state index in [4.69, 9.17) is 5.84 Å². The van der Waals surface area contributed by atoms with Crippen LogP contribution in [0, 0.1) is 5.82 Å². The molecule has 4 heteroatoms. The number of hydrogen-bond donors (Lipinski definition) is 2. The zero-order chi connectivity index (χ0) is 14.8. The minimum absolute atomic E-state index is 0.0984. The largest absolute Gasteiger partial charge is 0.271 e. The molecule has 2 nitrogen and oxygen atoms in total. The van der Waals surface area contributed by atoms with Crippen LogP contribution in [0.4, 0.5) is 4.39 Å². The number of benzene rings is 1. The molecule has 0 saturated carbocycles. The molecule has 1 aromatic carbocycles. The first kappa shape index (κ1) is 17.6. The zero-order valence-corrected chi connectivity index (χ0v) is 13.9. The van der Waals surface area contributed by atoms with Gasteiger partial charge in [0.25, 0.3) is 0 Å². The van der Waals surface area contributed by atoms with E-state index in [1.807, 2.05) is 6.07 Å². The van der Waals surface area contributed by atoms with Crippen molar-refractivity contribution in [2.45, 2.75) is 64.3 Å². The fourth-order valence-electron chi connectivity index (χ4n) is 2.42. The molecule has 3 N–H and O–H groups in total. The van der Waals surface area contributed by atoms with Crippen LogP contribution in [0.5, 0.6) is 0 Å². The van der Waals surface area contributed by atoms with Gasteiger partial charge in [-0.2, -0.15) is 0 Å². The Hall–Kier alpha value is -0.450. The van der Waals surface area contributed by atoms with Crippen molar-refractivity contribution in [3.8, 4) is 0 Å². The Labute approximate surface area is 130 Å². The third kappa shape index (κ3) is 6.33. The molecule has 0 radical (unpaired) electrons. The lowest BCUT2D eigenvalue weighted by Gasteiger charge is -2.17. The Morgan fingerprint density at radius 1 is 1.15 bits per heavy atom. The molecule has 20 heavy (non-hydrogen) atoms. The monoisotopic (exact) mass is 344 g/mol. The van der Waals surface area contributed by atoms with Crippen LogP contribution >= 0.6 is 15.9 Å². The normalized spacial score (nSPS) is 12.6. The Morgan fingerprint density at radius 2 is 1.80 bits per heavy atom. The smallest absolute Gasteiger partial charge is 0.129 e. The summed E-state index contributed by atoms with van der Waals surface area (Å²) < 4.78 is 14.6. The Balaban J connectivity index is 2.32. The van der Waals surface area contributed by atoms with Crippen LogP contribution in [0.2, 0.25) is 0 Å². The molecule has 0 saturated heterocycles. The molecule has 0 spiro atoms. The van der Waals surface area contributed by atoms with Gasteiger partial charge in [0.2, 0.25) is 0 Å². The summed E-state index contributed by atoms with van der Waals surface area (Å²) >= 11 is 3.27. The fraction of sp³-hybridized carbons (Fsp3) is 0.625. The Bertz CT molecular complexity index is 385. The van der Waals surface area contributed by atoms with E-state index in [0.717, 1.165) is 17.3 Å². The molecule has 0 bridgehead atoms. The van der Waals surface area contributed by atoms with Gasteiger partial charge in [-0.3, -0.25) is 11.3 Å². The molecule has 0 aliphatic heterocycles. The molecule has 1 rings (SSSR count). The van der Waals surface area contributed by atoms with Gasteiger partial charge in [0.1, 0.15) is 5.82 Å². The summed E-state index contributed by atoms with van der Waals surface area (Å²) in [5.41, 5.74) is 3.39. The van der Waals surface area contributed by atoms with Gasteiger partial charge in [0.05, 0.1) is 0 Å². The van der Waals surface area contributed by atoms with Gasteiger partial charge in [-0.05, 0) is 18.6 Å². The number of hydrazine groups is 1. The molecule has 0 amide bonds. The predicted octanol–water partition coefficient (Wildman–Crippen LogP) is 5.23. The van der Waals surface area contributed by atoms with Crippen molar-refractivity contribution >= 4 is 15.9 Å². The van der Waals surface area contributed by atoms with Crippen molar-refractivity contribution in [2.24, 2.45) is 5.84 Å². The van der Waals surface area contributed by atoms with Gasteiger partial charge in [-0.25, -0.2) is 4.39 Å². The zero-order valence-electron chi connectivity index (χ0n) is 12.3. The van der Waals surface area contributed by atoms with Crippen LogP contribution in [0.3, 0.4) is 0 Å². The van der Waals surface area contributed by atoms with Crippen molar-refractivity contribution in [1.82, 2.24) is 5.43 Å². The SMILES string of the molecule is CCCCCCCCCC(NN)c1ccc(Br)cc1F. The first-order chi connectivity index (χ1) is 9.69. The average Bonchev–Trinajstić information content (AvgIpc) is 2.43. The van der Waals surface area contributed by atoms with Gasteiger partial charge in [0.15, 0.2) is 0 Å². The minimum atomic E-state index is -0.203. The van der Waals surface area contributed by atoms with Crippen molar-refractivity contribution in [1.29, 1.82) is 0 Å². The maximum atomic E-state index is 13.9. The van der Waals surface area contributed by atoms with E-state index >= 15 is 0 Å². The van der Waals surface area contributed by atoms with Crippen LogP contribution in [0.25, 0.3) is 0 Å². The highest BCUT2D eigenvalue weighted by Crippen LogP contribution is 2.24. The second-order valence-corrected chi connectivity index (χ2v) is 6.21. The lowest BCUT2D eigenvalue weighted by Crippen LogP contribution is -2.28. The molecule has 1 unspecified atom stereocenters. The predicted molar refractivity (Wildman–Crippen MR) is 86.8 cm³/mol. The summed E-state index contributed by atoms with van der Waals surface area (Å²) in [6.45, 7) is 2.23. The Morgan fingerprint density at radius 3 is 2.40 bits per heavy atom. The molecule has 1 aromatic rings. The van der Waals surface area contributed by atoms with Crippen molar-refractivity contribution in [3.63, 3.8) is 0 Å². The third-order valence-corrected chi connectivity index (χ3v) is 4.13. The molecule has 0 aromatic heterocycles. The fourth-order valence-corrected chi connectivity index (χ4v) is 2.75. The van der Waals surface area contributed by atoms with Gasteiger partial charge in [0, 0.05) is 16.1 Å². The first-order valence-electron chi connectivity index (χ1n) is 7.60. The van der Waals surface area contributed by atoms with Crippen LogP contribution in [0.1, 0.15) is 69.9 Å². The van der Waals surface area contributed by atoms with Gasteiger partial charge >= 0.3 is 0 Å². The van der Waals surface area contributed by atoms with Crippen LogP contribution < -0.4 is 11.3 Å².